The second kappa shape index (κ2) is 6.01. The van der Waals surface area contributed by atoms with E-state index in [1.807, 2.05) is 0 Å². The first-order chi connectivity index (χ1) is 9.20. The van der Waals surface area contributed by atoms with Gasteiger partial charge in [-0.15, -0.1) is 5.10 Å². The van der Waals surface area contributed by atoms with E-state index in [0.29, 0.717) is 11.5 Å². The Morgan fingerprint density at radius 2 is 2.16 bits per heavy atom. The van der Waals surface area contributed by atoms with Gasteiger partial charge in [0.2, 0.25) is 5.91 Å². The maximum absolute atomic E-state index is 12.8. The van der Waals surface area contributed by atoms with E-state index in [1.165, 1.54) is 23.9 Å². The summed E-state index contributed by atoms with van der Waals surface area (Å²) in [6.07, 6.45) is 0. The van der Waals surface area contributed by atoms with Crippen LogP contribution >= 0.6 is 0 Å². The zero-order valence-electron chi connectivity index (χ0n) is 10.2. The molecule has 1 N–H and O–H groups in total. The largest absolute Gasteiger partial charge is 0.375 e. The van der Waals surface area contributed by atoms with Crippen LogP contribution < -0.4 is 5.32 Å². The number of hydrogen-bond acceptors (Lipinski definition) is 5. The first kappa shape index (κ1) is 13.1. The van der Waals surface area contributed by atoms with Crippen LogP contribution in [0.5, 0.6) is 0 Å². The fourth-order valence-corrected chi connectivity index (χ4v) is 1.46. The number of aromatic nitrogens is 4. The van der Waals surface area contributed by atoms with Crippen molar-refractivity contribution in [2.45, 2.75) is 6.54 Å². The molecular formula is C11H12FN5O2. The molecule has 7 nitrogen and oxygen atoms in total. The fraction of sp³-hybridized carbons (Fsp3) is 0.273. The van der Waals surface area contributed by atoms with Gasteiger partial charge in [0.15, 0.2) is 5.82 Å². The van der Waals surface area contributed by atoms with Crippen molar-refractivity contribution in [2.24, 2.45) is 0 Å². The maximum Gasteiger partial charge on any atom is 0.246 e. The second-order valence-electron chi connectivity index (χ2n) is 3.69. The predicted molar refractivity (Wildman–Crippen MR) is 62.8 cm³/mol. The van der Waals surface area contributed by atoms with Crippen molar-refractivity contribution >= 4 is 5.91 Å². The van der Waals surface area contributed by atoms with E-state index in [-0.39, 0.29) is 24.9 Å². The molecular weight excluding hydrogens is 253 g/mol. The first-order valence-electron chi connectivity index (χ1n) is 5.49. The summed E-state index contributed by atoms with van der Waals surface area (Å²) in [5, 5.41) is 13.7. The van der Waals surface area contributed by atoms with Crippen LogP contribution in [0.2, 0.25) is 0 Å². The molecule has 1 amide bonds. The zero-order valence-corrected chi connectivity index (χ0v) is 10.2. The molecule has 2 aromatic rings. The number of benzene rings is 1. The van der Waals surface area contributed by atoms with Crippen molar-refractivity contribution in [3.8, 4) is 5.69 Å². The molecule has 1 heterocycles. The quantitative estimate of drug-likeness (QED) is 0.827. The number of carbonyl (C=O) groups is 1. The number of rotatable bonds is 5. The van der Waals surface area contributed by atoms with Gasteiger partial charge in [0.25, 0.3) is 0 Å². The average molecular weight is 265 g/mol. The van der Waals surface area contributed by atoms with Crippen LogP contribution in [0.3, 0.4) is 0 Å². The highest BCUT2D eigenvalue weighted by atomic mass is 19.1. The number of nitrogens with one attached hydrogen (secondary N) is 1. The van der Waals surface area contributed by atoms with Crippen LogP contribution in [0.1, 0.15) is 5.82 Å². The van der Waals surface area contributed by atoms with Crippen molar-refractivity contribution in [3.63, 3.8) is 0 Å². The summed E-state index contributed by atoms with van der Waals surface area (Å²) in [5.41, 5.74) is 0.613. The highest BCUT2D eigenvalue weighted by Gasteiger charge is 2.09. The van der Waals surface area contributed by atoms with E-state index >= 15 is 0 Å². The SMILES string of the molecule is COCC(=O)NCc1nnnn1-c1ccc(F)cc1. The Morgan fingerprint density at radius 3 is 2.84 bits per heavy atom. The molecule has 100 valence electrons. The highest BCUT2D eigenvalue weighted by molar-refractivity contribution is 5.77. The molecule has 0 radical (unpaired) electrons. The number of nitrogens with zero attached hydrogens (tertiary/aromatic N) is 4. The van der Waals surface area contributed by atoms with Gasteiger partial charge in [-0.3, -0.25) is 4.79 Å². The monoisotopic (exact) mass is 265 g/mol. The molecule has 1 aromatic heterocycles. The van der Waals surface area contributed by atoms with Crippen LogP contribution in [0.15, 0.2) is 24.3 Å². The molecule has 0 aliphatic rings. The fourth-order valence-electron chi connectivity index (χ4n) is 1.46. The topological polar surface area (TPSA) is 81.9 Å². The molecule has 0 spiro atoms. The van der Waals surface area contributed by atoms with E-state index < -0.39 is 0 Å². The van der Waals surface area contributed by atoms with Gasteiger partial charge >= 0.3 is 0 Å². The van der Waals surface area contributed by atoms with Crippen LogP contribution in [0, 0.1) is 5.82 Å². The van der Waals surface area contributed by atoms with E-state index in [4.69, 9.17) is 0 Å². The predicted octanol–water partition coefficient (Wildman–Crippen LogP) is 0.0640. The smallest absolute Gasteiger partial charge is 0.246 e. The van der Waals surface area contributed by atoms with Gasteiger partial charge in [-0.1, -0.05) is 0 Å². The van der Waals surface area contributed by atoms with Crippen molar-refractivity contribution in [2.75, 3.05) is 13.7 Å². The number of halogens is 1. The molecule has 0 aliphatic carbocycles. The summed E-state index contributed by atoms with van der Waals surface area (Å²) in [5.74, 6) is -0.168. The van der Waals surface area contributed by atoms with Gasteiger partial charge in [0.05, 0.1) is 12.2 Å². The lowest BCUT2D eigenvalue weighted by molar-refractivity contribution is -0.124. The molecule has 0 fully saturated rings. The summed E-state index contributed by atoms with van der Waals surface area (Å²) < 4.78 is 18.9. The molecule has 19 heavy (non-hydrogen) atoms. The van der Waals surface area contributed by atoms with Crippen molar-refractivity contribution < 1.29 is 13.9 Å². The highest BCUT2D eigenvalue weighted by Crippen LogP contribution is 2.08. The summed E-state index contributed by atoms with van der Waals surface area (Å²) in [4.78, 5) is 11.3. The third-order valence-corrected chi connectivity index (χ3v) is 2.32. The number of hydrogen-bond donors (Lipinski definition) is 1. The lowest BCUT2D eigenvalue weighted by Crippen LogP contribution is -2.28. The minimum atomic E-state index is -0.341. The third kappa shape index (κ3) is 3.32. The van der Waals surface area contributed by atoms with E-state index in [0.717, 1.165) is 0 Å². The average Bonchev–Trinajstić information content (AvgIpc) is 2.86. The zero-order chi connectivity index (χ0) is 13.7. The Balaban J connectivity index is 2.09. The standard InChI is InChI=1S/C11H12FN5O2/c1-19-7-11(18)13-6-10-14-15-16-17(10)9-4-2-8(12)3-5-9/h2-5H,6-7H2,1H3,(H,13,18). The molecule has 0 unspecified atom stereocenters. The van der Waals surface area contributed by atoms with Gasteiger partial charge in [0, 0.05) is 7.11 Å². The Labute approximate surface area is 108 Å². The van der Waals surface area contributed by atoms with Crippen molar-refractivity contribution in [3.05, 3.63) is 35.9 Å². The molecule has 0 saturated heterocycles. The first-order valence-corrected chi connectivity index (χ1v) is 5.49. The number of ether oxygens (including phenoxy) is 1. The molecule has 0 saturated carbocycles. The lowest BCUT2D eigenvalue weighted by Gasteiger charge is -2.05. The maximum atomic E-state index is 12.8. The van der Waals surface area contributed by atoms with Gasteiger partial charge in [0.1, 0.15) is 12.4 Å². The Hall–Kier alpha value is -2.35. The lowest BCUT2D eigenvalue weighted by atomic mass is 10.3. The van der Waals surface area contributed by atoms with Gasteiger partial charge in [-0.2, -0.15) is 4.68 Å². The Kier molecular flexibility index (Phi) is 4.14. The van der Waals surface area contributed by atoms with E-state index in [2.05, 4.69) is 25.6 Å². The van der Waals surface area contributed by atoms with Gasteiger partial charge < -0.3 is 10.1 Å². The Bertz CT molecular complexity index is 554. The molecule has 1 aromatic carbocycles. The summed E-state index contributed by atoms with van der Waals surface area (Å²) in [6.45, 7) is 0.130. The molecule has 2 rings (SSSR count). The number of methoxy groups -OCH3 is 1. The van der Waals surface area contributed by atoms with Gasteiger partial charge in [-0.25, -0.2) is 4.39 Å². The molecule has 8 heteroatoms. The van der Waals surface area contributed by atoms with Gasteiger partial charge in [-0.05, 0) is 34.7 Å². The minimum absolute atomic E-state index is 0.0296. The minimum Gasteiger partial charge on any atom is -0.375 e. The number of amides is 1. The normalized spacial score (nSPS) is 10.4. The number of carbonyl (C=O) groups excluding carboxylic acids is 1. The Morgan fingerprint density at radius 1 is 1.42 bits per heavy atom. The van der Waals surface area contributed by atoms with E-state index in [9.17, 15) is 9.18 Å². The van der Waals surface area contributed by atoms with Crippen LogP contribution in [-0.4, -0.2) is 39.8 Å². The van der Waals surface area contributed by atoms with Crippen LogP contribution in [0.4, 0.5) is 4.39 Å². The molecule has 0 atom stereocenters. The molecule has 0 bridgehead atoms. The van der Waals surface area contributed by atoms with Crippen LogP contribution in [0.25, 0.3) is 5.69 Å². The summed E-state index contributed by atoms with van der Waals surface area (Å²) >= 11 is 0. The number of tetrazole rings is 1. The second-order valence-corrected chi connectivity index (χ2v) is 3.69. The third-order valence-electron chi connectivity index (χ3n) is 2.32. The summed E-state index contributed by atoms with van der Waals surface area (Å²) in [7, 11) is 1.43. The van der Waals surface area contributed by atoms with Crippen molar-refractivity contribution in [1.82, 2.24) is 25.5 Å². The summed E-state index contributed by atoms with van der Waals surface area (Å²) in [6, 6.07) is 5.72. The molecule has 0 aliphatic heterocycles. The van der Waals surface area contributed by atoms with Crippen molar-refractivity contribution in [1.29, 1.82) is 0 Å². The van der Waals surface area contributed by atoms with Crippen LogP contribution in [-0.2, 0) is 16.1 Å². The van der Waals surface area contributed by atoms with E-state index in [1.54, 1.807) is 12.1 Å².